The first-order valence-corrected chi connectivity index (χ1v) is 13.5. The Balaban J connectivity index is 6.55. The zero-order chi connectivity index (χ0) is 33.5. The van der Waals surface area contributed by atoms with Crippen LogP contribution in [-0.2, 0) is 43.2 Å². The van der Waals surface area contributed by atoms with E-state index < -0.39 is 133 Å². The maximum absolute atomic E-state index is 13.7. The molecule has 43 heavy (non-hydrogen) atoms. The number of hydrogen-bond acceptors (Lipinski definition) is 13. The summed E-state index contributed by atoms with van der Waals surface area (Å²) in [5.41, 5.74) is 5.64. The highest BCUT2D eigenvalue weighted by Crippen LogP contribution is 2.22. The summed E-state index contributed by atoms with van der Waals surface area (Å²) in [6.07, 6.45) is -3.22. The topological polar surface area (TPSA) is 335 Å². The van der Waals surface area contributed by atoms with Crippen LogP contribution in [0.3, 0.4) is 0 Å². The molecular weight excluding hydrogens is 620 g/mol. The lowest BCUT2D eigenvalue weighted by atomic mass is 9.83. The predicted molar refractivity (Wildman–Crippen MR) is 150 cm³/mol. The van der Waals surface area contributed by atoms with E-state index in [1.807, 2.05) is 10.6 Å². The van der Waals surface area contributed by atoms with Crippen LogP contribution in [0.15, 0.2) is 0 Å². The Kier molecular flexibility index (Phi) is 16.2. The molecule has 0 saturated carbocycles. The zero-order valence-electron chi connectivity index (χ0n) is 22.5. The molecule has 4 amide bonds. The quantitative estimate of drug-likeness (QED) is 0.0408. The van der Waals surface area contributed by atoms with Gasteiger partial charge in [0.2, 0.25) is 17.7 Å². The SMILES string of the molecule is NC(CCC(=O)NC(CS)(CC(=O)C(CS)(NC(=O)CCC(N)C(=O)O)C(=O)NCC(=O)O)C(=O)NCC(=O)O)C(=O)O. The van der Waals surface area contributed by atoms with Gasteiger partial charge in [0.25, 0.3) is 5.91 Å². The molecule has 0 rings (SSSR count). The van der Waals surface area contributed by atoms with E-state index in [1.54, 1.807) is 0 Å². The summed E-state index contributed by atoms with van der Waals surface area (Å²) in [4.78, 5) is 109. The van der Waals surface area contributed by atoms with Crippen molar-refractivity contribution in [3.8, 4) is 0 Å². The Morgan fingerprint density at radius 3 is 1.44 bits per heavy atom. The van der Waals surface area contributed by atoms with Crippen molar-refractivity contribution >= 4 is 78.5 Å². The average Bonchev–Trinajstić information content (AvgIpc) is 2.93. The van der Waals surface area contributed by atoms with E-state index in [4.69, 9.17) is 31.9 Å². The second-order valence-electron chi connectivity index (χ2n) is 9.12. The fraction of sp³-hybridized carbons (Fsp3) is 0.591. The number of amides is 4. The number of nitrogens with two attached hydrogens (primary N) is 2. The third kappa shape index (κ3) is 12.4. The van der Waals surface area contributed by atoms with E-state index in [1.165, 1.54) is 0 Å². The number of Topliss-reactive ketones (excluding diaryl/α,β-unsaturated/α-hetero) is 1. The zero-order valence-corrected chi connectivity index (χ0v) is 24.3. The van der Waals surface area contributed by atoms with Crippen molar-refractivity contribution in [3.05, 3.63) is 0 Å². The number of rotatable bonds is 21. The molecule has 242 valence electrons. The van der Waals surface area contributed by atoms with Gasteiger partial charge in [-0.05, 0) is 12.8 Å². The van der Waals surface area contributed by atoms with Crippen LogP contribution in [0.25, 0.3) is 0 Å². The lowest BCUT2D eigenvalue weighted by Gasteiger charge is -2.36. The molecule has 4 unspecified atom stereocenters. The van der Waals surface area contributed by atoms with Crippen molar-refractivity contribution in [3.63, 3.8) is 0 Å². The third-order valence-corrected chi connectivity index (χ3v) is 6.81. The molecule has 0 spiro atoms. The second-order valence-corrected chi connectivity index (χ2v) is 9.75. The van der Waals surface area contributed by atoms with E-state index in [0.29, 0.717) is 0 Å². The number of thiol groups is 2. The smallest absolute Gasteiger partial charge is 0.322 e. The third-order valence-electron chi connectivity index (χ3n) is 5.80. The summed E-state index contributed by atoms with van der Waals surface area (Å²) in [6, 6.07) is -2.97. The number of hydrogen-bond donors (Lipinski definition) is 12. The maximum atomic E-state index is 13.7. The minimum Gasteiger partial charge on any atom is -0.480 e. The fourth-order valence-corrected chi connectivity index (χ4v) is 4.04. The largest absolute Gasteiger partial charge is 0.480 e. The molecule has 0 bridgehead atoms. The molecule has 19 nitrogen and oxygen atoms in total. The molecule has 0 aliphatic carbocycles. The number of nitrogens with one attached hydrogen (secondary N) is 4. The van der Waals surface area contributed by atoms with E-state index in [-0.39, 0.29) is 0 Å². The number of carbonyl (C=O) groups is 9. The minimum atomic E-state index is -2.71. The van der Waals surface area contributed by atoms with E-state index in [0.717, 1.165) is 0 Å². The van der Waals surface area contributed by atoms with Crippen molar-refractivity contribution in [1.29, 1.82) is 0 Å². The summed E-state index contributed by atoms with van der Waals surface area (Å²) in [6.45, 7) is -2.02. The van der Waals surface area contributed by atoms with E-state index in [9.17, 15) is 43.2 Å². The number of carboxylic acid groups (broad SMARTS) is 4. The molecule has 0 aliphatic heterocycles. The summed E-state index contributed by atoms with van der Waals surface area (Å²) < 4.78 is 0. The van der Waals surface area contributed by atoms with Gasteiger partial charge in [-0.2, -0.15) is 25.3 Å². The van der Waals surface area contributed by atoms with Crippen molar-refractivity contribution in [2.45, 2.75) is 55.3 Å². The van der Waals surface area contributed by atoms with Gasteiger partial charge >= 0.3 is 23.9 Å². The van der Waals surface area contributed by atoms with Gasteiger partial charge in [-0.15, -0.1) is 0 Å². The lowest BCUT2D eigenvalue weighted by molar-refractivity contribution is -0.146. The van der Waals surface area contributed by atoms with Crippen molar-refractivity contribution in [1.82, 2.24) is 21.3 Å². The molecule has 21 heteroatoms. The molecule has 12 N–H and O–H groups in total. The van der Waals surface area contributed by atoms with Gasteiger partial charge in [-0.3, -0.25) is 43.2 Å². The maximum Gasteiger partial charge on any atom is 0.322 e. The van der Waals surface area contributed by atoms with Crippen LogP contribution >= 0.6 is 25.3 Å². The standard InChI is InChI=1S/C22H34N6O13S2/c23-10(17(36)37)1-3-13(30)27-21(8-42,19(40)25-6-15(32)33)5-12(29)22(9-43,20(41)26-7-16(34)35)28-14(31)4-2-11(24)18(38)39/h10-11,42-43H,1-9,23-24H2,(H,25,40)(H,26,41)(H,27,30)(H,28,31)(H,32,33)(H,34,35)(H,36,37)(H,38,39). The summed E-state index contributed by atoms with van der Waals surface area (Å²) in [7, 11) is 0. The van der Waals surface area contributed by atoms with Crippen LogP contribution in [-0.4, -0.2) is 121 Å². The molecular formula is C22H34N6O13S2. The molecule has 0 aromatic carbocycles. The van der Waals surface area contributed by atoms with Gasteiger partial charge in [-0.25, -0.2) is 0 Å². The highest BCUT2D eigenvalue weighted by Gasteiger charge is 2.51. The number of carbonyl (C=O) groups excluding carboxylic acids is 5. The van der Waals surface area contributed by atoms with Crippen molar-refractivity contribution in [2.75, 3.05) is 24.6 Å². The molecule has 0 radical (unpaired) electrons. The summed E-state index contributed by atoms with van der Waals surface area (Å²) >= 11 is 7.99. The van der Waals surface area contributed by atoms with Crippen molar-refractivity contribution in [2.24, 2.45) is 11.5 Å². The van der Waals surface area contributed by atoms with Crippen LogP contribution in [0.4, 0.5) is 0 Å². The van der Waals surface area contributed by atoms with E-state index in [2.05, 4.69) is 35.9 Å². The van der Waals surface area contributed by atoms with Gasteiger partial charge in [0.1, 0.15) is 30.7 Å². The molecule has 0 aromatic rings. The highest BCUT2D eigenvalue weighted by molar-refractivity contribution is 7.80. The average molecular weight is 655 g/mol. The Hall–Kier alpha value is -3.95. The summed E-state index contributed by atoms with van der Waals surface area (Å²) in [5.74, 6) is -13.6. The van der Waals surface area contributed by atoms with E-state index >= 15 is 0 Å². The monoisotopic (exact) mass is 654 g/mol. The van der Waals surface area contributed by atoms with Gasteiger partial charge in [0.05, 0.1) is 0 Å². The fourth-order valence-electron chi connectivity index (χ4n) is 3.31. The Labute approximate surface area is 254 Å². The van der Waals surface area contributed by atoms with Gasteiger partial charge < -0.3 is 53.2 Å². The molecule has 0 heterocycles. The van der Waals surface area contributed by atoms with Crippen LogP contribution < -0.4 is 32.7 Å². The van der Waals surface area contributed by atoms with Gasteiger partial charge in [0.15, 0.2) is 11.3 Å². The second kappa shape index (κ2) is 17.9. The predicted octanol–water partition coefficient (Wildman–Crippen LogP) is -4.70. The summed E-state index contributed by atoms with van der Waals surface area (Å²) in [5, 5.41) is 43.9. The van der Waals surface area contributed by atoms with Crippen LogP contribution in [0.1, 0.15) is 32.1 Å². The number of carboxylic acids is 4. The molecule has 0 fully saturated rings. The Bertz CT molecular complexity index is 1120. The highest BCUT2D eigenvalue weighted by atomic mass is 32.1. The van der Waals surface area contributed by atoms with Gasteiger partial charge in [-0.1, -0.05) is 0 Å². The first-order chi connectivity index (χ1) is 19.9. The molecule has 4 atom stereocenters. The van der Waals surface area contributed by atoms with Crippen LogP contribution in [0, 0.1) is 0 Å². The number of ketones is 1. The normalized spacial score (nSPS) is 14.9. The molecule has 0 saturated heterocycles. The van der Waals surface area contributed by atoms with Crippen LogP contribution in [0.5, 0.6) is 0 Å². The lowest BCUT2D eigenvalue weighted by Crippen LogP contribution is -2.69. The van der Waals surface area contributed by atoms with Gasteiger partial charge in [0, 0.05) is 30.8 Å². The first kappa shape index (κ1) is 39.0. The Morgan fingerprint density at radius 2 is 1.07 bits per heavy atom. The molecule has 0 aliphatic rings. The minimum absolute atomic E-state index is 0.415. The van der Waals surface area contributed by atoms with Crippen molar-refractivity contribution < 1.29 is 63.6 Å². The Morgan fingerprint density at radius 1 is 0.651 bits per heavy atom. The first-order valence-electron chi connectivity index (χ1n) is 12.2. The molecule has 0 aromatic heterocycles. The van der Waals surface area contributed by atoms with Crippen LogP contribution in [0.2, 0.25) is 0 Å². The number of aliphatic carboxylic acids is 4.